The number of amides is 5. The van der Waals surface area contributed by atoms with Crippen LogP contribution in [0.2, 0.25) is 0 Å². The first-order valence-corrected chi connectivity index (χ1v) is 28.3. The highest BCUT2D eigenvalue weighted by Gasteiger charge is 2.56. The molecule has 0 aliphatic carbocycles. The number of nitrogens with one attached hydrogen (secondary N) is 3. The molecule has 73 heavy (non-hydrogen) atoms. The summed E-state index contributed by atoms with van der Waals surface area (Å²) >= 11 is 9.56. The fourth-order valence-electron chi connectivity index (χ4n) is 7.43. The molecule has 8 heterocycles. The van der Waals surface area contributed by atoms with Gasteiger partial charge in [0.1, 0.15) is 59.8 Å². The first-order valence-electron chi connectivity index (χ1n) is 20.9. The maximum Gasteiger partial charge on any atom is 0.352 e. The Labute approximate surface area is 444 Å². The molecule has 0 saturated carbocycles. The molecular weight excluding hydrogens is 1110 g/mol. The van der Waals surface area contributed by atoms with Crippen LogP contribution < -0.4 is 21.7 Å². The van der Waals surface area contributed by atoms with Crippen molar-refractivity contribution in [1.29, 1.82) is 0 Å². The second-order valence-electron chi connectivity index (χ2n) is 15.4. The van der Waals surface area contributed by atoms with Gasteiger partial charge in [0, 0.05) is 43.5 Å². The SMILES string of the molecule is CO/N=C(\C(=O)N[C@@H]1C(=O)N2C(C(=O)O)=C(CSc3nc(C)c(CC(=O)Nc4nc(/C(=N/OC)C(=O)N[C@@H]5C(=O)N6C(C(=O)O)=C(CSc7nc(C)c(CC(=O)O)s7)CS[C@H]56)cs4)s3)CS[C@H]12)c1csc(N)n1. The van der Waals surface area contributed by atoms with Crippen LogP contribution in [0.4, 0.5) is 10.3 Å². The molecule has 25 nitrogen and oxygen atoms in total. The average Bonchev–Trinajstić information content (AvgIpc) is 4.15. The number of oxime groups is 2. The summed E-state index contributed by atoms with van der Waals surface area (Å²) in [5.41, 5.74) is 7.05. The van der Waals surface area contributed by atoms with Gasteiger partial charge in [-0.1, -0.05) is 33.8 Å². The van der Waals surface area contributed by atoms with E-state index in [1.165, 1.54) is 94.7 Å². The third kappa shape index (κ3) is 11.4. The average molecular weight is 1150 g/mol. The number of anilines is 2. The predicted molar refractivity (Wildman–Crippen MR) is 274 cm³/mol. The Balaban J connectivity index is 0.844. The van der Waals surface area contributed by atoms with E-state index in [1.54, 1.807) is 13.8 Å². The van der Waals surface area contributed by atoms with Gasteiger partial charge in [-0.25, -0.2) is 29.5 Å². The van der Waals surface area contributed by atoms with E-state index in [4.69, 9.17) is 20.5 Å². The molecule has 5 amide bonds. The zero-order chi connectivity index (χ0) is 52.4. The fourth-order valence-corrected chi connectivity index (χ4v) is 16.1. The van der Waals surface area contributed by atoms with Crippen molar-refractivity contribution in [2.75, 3.05) is 48.3 Å². The molecule has 0 bridgehead atoms. The number of nitrogen functional groups attached to an aromatic ring is 1. The van der Waals surface area contributed by atoms with E-state index in [2.05, 4.69) is 46.2 Å². The third-order valence-electron chi connectivity index (χ3n) is 10.7. The standard InChI is InChI=1S/C40H38N12O13S8/c1-13-19(72-39(42-13)70-9-15-7-66-33-25(31(58)51(33)27(15)35(60)61)47-29(56)23(49-64-3)17-11-68-37(41)44-17)5-21(53)46-38-45-18(12-69-38)24(50-65-4)30(57)48-26-32(59)52-28(36(62)63)16(8-67-34(26)52)10-71-40-43-14(2)20(73-40)6-22(54)55/h11-12,25-26,33-34H,5-10H2,1-4H3,(H2,41,44)(H,47,56)(H,48,57)(H,54,55)(H,60,61)(H,62,63)(H,45,46,53)/b49-23-,50-24-/t25-,26-,33-,34-/m1/s1. The van der Waals surface area contributed by atoms with Gasteiger partial charge in [0.15, 0.2) is 30.4 Å². The number of carboxylic acids is 3. The number of nitrogens with zero attached hydrogens (tertiary/aromatic N) is 8. The van der Waals surface area contributed by atoms with Crippen LogP contribution in [0.25, 0.3) is 0 Å². The fraction of sp³-hybridized carbons (Fsp3) is 0.350. The van der Waals surface area contributed by atoms with Crippen LogP contribution in [-0.2, 0) is 60.9 Å². The van der Waals surface area contributed by atoms with Gasteiger partial charge in [0.25, 0.3) is 23.6 Å². The van der Waals surface area contributed by atoms with Crippen molar-refractivity contribution in [1.82, 2.24) is 40.4 Å². The molecule has 2 saturated heterocycles. The minimum absolute atomic E-state index is 0.0207. The zero-order valence-electron chi connectivity index (χ0n) is 38.1. The number of carbonyl (C=O) groups is 8. The molecule has 33 heteroatoms. The Morgan fingerprint density at radius 2 is 1.19 bits per heavy atom. The Morgan fingerprint density at radius 3 is 1.63 bits per heavy atom. The van der Waals surface area contributed by atoms with Gasteiger partial charge in [-0.3, -0.25) is 38.6 Å². The highest BCUT2D eigenvalue weighted by molar-refractivity contribution is 8.02. The lowest BCUT2D eigenvalue weighted by Gasteiger charge is -2.49. The summed E-state index contributed by atoms with van der Waals surface area (Å²) in [5.74, 6) is -6.11. The van der Waals surface area contributed by atoms with Crippen molar-refractivity contribution in [2.24, 2.45) is 10.3 Å². The number of carbonyl (C=O) groups excluding carboxylic acids is 5. The number of hydrogen-bond donors (Lipinski definition) is 7. The summed E-state index contributed by atoms with van der Waals surface area (Å²) in [7, 11) is 2.45. The van der Waals surface area contributed by atoms with E-state index in [1.807, 2.05) is 0 Å². The van der Waals surface area contributed by atoms with Gasteiger partial charge in [-0.05, 0) is 25.0 Å². The van der Waals surface area contributed by atoms with Crippen molar-refractivity contribution in [2.45, 2.75) is 58.2 Å². The monoisotopic (exact) mass is 1150 g/mol. The molecule has 8 rings (SSSR count). The number of hydrogen-bond acceptors (Lipinski definition) is 25. The van der Waals surface area contributed by atoms with Crippen molar-refractivity contribution < 1.29 is 63.4 Å². The number of thioether (sulfide) groups is 4. The maximum absolute atomic E-state index is 13.6. The summed E-state index contributed by atoms with van der Waals surface area (Å²) in [6, 6.07) is -2.15. The molecule has 2 fully saturated rings. The van der Waals surface area contributed by atoms with Gasteiger partial charge >= 0.3 is 17.9 Å². The molecule has 4 aromatic rings. The molecule has 4 aromatic heterocycles. The van der Waals surface area contributed by atoms with E-state index in [0.717, 1.165) is 32.5 Å². The van der Waals surface area contributed by atoms with Crippen molar-refractivity contribution in [3.63, 3.8) is 0 Å². The number of aryl methyl sites for hydroxylation is 2. The number of carboxylic acid groups (broad SMARTS) is 3. The number of aromatic nitrogens is 4. The van der Waals surface area contributed by atoms with Gasteiger partial charge in [0.05, 0.1) is 24.2 Å². The number of rotatable bonds is 21. The molecule has 4 aliphatic rings. The minimum atomic E-state index is -1.32. The molecule has 0 unspecified atom stereocenters. The van der Waals surface area contributed by atoms with Crippen molar-refractivity contribution in [3.8, 4) is 0 Å². The molecule has 0 spiro atoms. The molecular formula is C40H38N12O13S8. The van der Waals surface area contributed by atoms with Gasteiger partial charge < -0.3 is 46.7 Å². The van der Waals surface area contributed by atoms with Crippen LogP contribution in [-0.4, -0.2) is 164 Å². The largest absolute Gasteiger partial charge is 0.481 e. The Bertz CT molecular complexity index is 3090. The Hall–Kier alpha value is -6.10. The lowest BCUT2D eigenvalue weighted by molar-refractivity contribution is -0.150. The van der Waals surface area contributed by atoms with Crippen LogP contribution in [0.5, 0.6) is 0 Å². The highest BCUT2D eigenvalue weighted by Crippen LogP contribution is 2.44. The summed E-state index contributed by atoms with van der Waals surface area (Å²) in [6.45, 7) is 3.42. The van der Waals surface area contributed by atoms with E-state index in [-0.39, 0.29) is 80.3 Å². The van der Waals surface area contributed by atoms with Gasteiger partial charge in [0.2, 0.25) is 5.91 Å². The maximum atomic E-state index is 13.6. The van der Waals surface area contributed by atoms with Crippen molar-refractivity contribution >= 4 is 162 Å². The lowest BCUT2D eigenvalue weighted by atomic mass is 10.0. The first kappa shape index (κ1) is 53.2. The molecule has 0 aromatic carbocycles. The summed E-state index contributed by atoms with van der Waals surface area (Å²) in [5, 5.41) is 46.9. The topological polar surface area (TPSA) is 361 Å². The lowest BCUT2D eigenvalue weighted by Crippen LogP contribution is -2.71. The van der Waals surface area contributed by atoms with Crippen LogP contribution >= 0.6 is 92.4 Å². The summed E-state index contributed by atoms with van der Waals surface area (Å²) < 4.78 is 1.11. The van der Waals surface area contributed by atoms with Gasteiger partial charge in [-0.2, -0.15) is 0 Å². The first-order chi connectivity index (χ1) is 34.9. The second kappa shape index (κ2) is 22.6. The summed E-state index contributed by atoms with van der Waals surface area (Å²) in [6.07, 6.45) is -0.286. The number of fused-ring (bicyclic) bond motifs is 2. The number of β-lactam (4-membered cyclic amide) rings is 2. The Morgan fingerprint density at radius 1 is 0.726 bits per heavy atom. The Kier molecular flexibility index (Phi) is 16.4. The predicted octanol–water partition coefficient (Wildman–Crippen LogP) is 2.28. The third-order valence-corrected chi connectivity index (χ3v) is 19.6. The molecule has 4 aliphatic heterocycles. The second-order valence-corrected chi connectivity index (χ2v) is 24.0. The van der Waals surface area contributed by atoms with E-state index in [0.29, 0.717) is 41.0 Å². The van der Waals surface area contributed by atoms with Crippen LogP contribution in [0.1, 0.15) is 32.5 Å². The highest BCUT2D eigenvalue weighted by atomic mass is 32.2. The number of thiazole rings is 4. The van der Waals surface area contributed by atoms with E-state index in [9.17, 15) is 48.6 Å². The van der Waals surface area contributed by atoms with Crippen molar-refractivity contribution in [3.05, 3.63) is 65.8 Å². The number of aliphatic carboxylic acids is 3. The van der Waals surface area contributed by atoms with E-state index >= 15 is 0 Å². The smallest absolute Gasteiger partial charge is 0.352 e. The van der Waals surface area contributed by atoms with Crippen LogP contribution in [0.15, 0.2) is 52.3 Å². The zero-order valence-corrected chi connectivity index (χ0v) is 44.6. The van der Waals surface area contributed by atoms with E-state index < -0.39 is 70.3 Å². The minimum Gasteiger partial charge on any atom is -0.481 e. The quantitative estimate of drug-likeness (QED) is 0.0272. The van der Waals surface area contributed by atoms with Gasteiger partial charge in [-0.15, -0.1) is 68.9 Å². The molecule has 384 valence electrons. The molecule has 4 atom stereocenters. The molecule has 8 N–H and O–H groups in total. The van der Waals surface area contributed by atoms with Crippen LogP contribution in [0, 0.1) is 13.8 Å². The molecule has 0 radical (unpaired) electrons. The number of nitrogens with two attached hydrogens (primary N) is 1. The summed E-state index contributed by atoms with van der Waals surface area (Å²) in [4.78, 5) is 134. The van der Waals surface area contributed by atoms with Crippen LogP contribution in [0.3, 0.4) is 0 Å². The normalized spacial score (nSPS) is 19.7.